The SMILES string of the molecule is NC(=O)c1c(NC(=O)c2ccc(Br)cc2)sc2c1CCCCC2. The number of halogens is 1. The second kappa shape index (κ2) is 6.84. The molecule has 1 aliphatic rings. The molecule has 2 aromatic rings. The highest BCUT2D eigenvalue weighted by atomic mass is 79.9. The van der Waals surface area contributed by atoms with Gasteiger partial charge in [-0.05, 0) is 55.5 Å². The zero-order valence-corrected chi connectivity index (χ0v) is 14.9. The second-order valence-electron chi connectivity index (χ2n) is 5.59. The van der Waals surface area contributed by atoms with Crippen molar-refractivity contribution in [3.05, 3.63) is 50.3 Å². The van der Waals surface area contributed by atoms with E-state index >= 15 is 0 Å². The van der Waals surface area contributed by atoms with Gasteiger partial charge in [-0.25, -0.2) is 0 Å². The molecular formula is C17H17BrN2O2S. The van der Waals surface area contributed by atoms with Crippen LogP contribution in [0.2, 0.25) is 0 Å². The van der Waals surface area contributed by atoms with Crippen molar-refractivity contribution in [2.45, 2.75) is 32.1 Å². The maximum atomic E-state index is 12.4. The zero-order valence-electron chi connectivity index (χ0n) is 12.5. The summed E-state index contributed by atoms with van der Waals surface area (Å²) in [5.74, 6) is -0.688. The van der Waals surface area contributed by atoms with Gasteiger partial charge in [0.25, 0.3) is 11.8 Å². The Morgan fingerprint density at radius 2 is 1.78 bits per heavy atom. The van der Waals surface area contributed by atoms with Crippen molar-refractivity contribution in [1.82, 2.24) is 0 Å². The summed E-state index contributed by atoms with van der Waals surface area (Å²) in [6.45, 7) is 0. The normalized spacial score (nSPS) is 14.0. The first-order chi connectivity index (χ1) is 11.1. The van der Waals surface area contributed by atoms with Crippen molar-refractivity contribution in [2.75, 3.05) is 5.32 Å². The molecule has 0 unspecified atom stereocenters. The van der Waals surface area contributed by atoms with Crippen molar-refractivity contribution >= 4 is 44.1 Å². The lowest BCUT2D eigenvalue weighted by Crippen LogP contribution is -2.18. The molecule has 6 heteroatoms. The number of anilines is 1. The number of carbonyl (C=O) groups excluding carboxylic acids is 2. The van der Waals surface area contributed by atoms with Crippen LogP contribution in [0.3, 0.4) is 0 Å². The molecule has 23 heavy (non-hydrogen) atoms. The summed E-state index contributed by atoms with van der Waals surface area (Å²) in [6.07, 6.45) is 5.16. The highest BCUT2D eigenvalue weighted by molar-refractivity contribution is 9.10. The van der Waals surface area contributed by atoms with E-state index in [-0.39, 0.29) is 5.91 Å². The number of fused-ring (bicyclic) bond motifs is 1. The fourth-order valence-electron chi connectivity index (χ4n) is 2.87. The van der Waals surface area contributed by atoms with Crippen LogP contribution < -0.4 is 11.1 Å². The molecule has 1 heterocycles. The molecule has 3 rings (SSSR count). The number of nitrogens with two attached hydrogens (primary N) is 1. The smallest absolute Gasteiger partial charge is 0.256 e. The first-order valence-corrected chi connectivity index (χ1v) is 9.18. The average Bonchev–Trinajstić information content (AvgIpc) is 2.69. The summed E-state index contributed by atoms with van der Waals surface area (Å²) in [6, 6.07) is 7.10. The number of hydrogen-bond donors (Lipinski definition) is 2. The molecule has 0 aliphatic heterocycles. The van der Waals surface area contributed by atoms with Gasteiger partial charge >= 0.3 is 0 Å². The van der Waals surface area contributed by atoms with Gasteiger partial charge in [-0.3, -0.25) is 9.59 Å². The van der Waals surface area contributed by atoms with Crippen molar-refractivity contribution < 1.29 is 9.59 Å². The lowest BCUT2D eigenvalue weighted by Gasteiger charge is -2.06. The fourth-order valence-corrected chi connectivity index (χ4v) is 4.42. The second-order valence-corrected chi connectivity index (χ2v) is 7.61. The maximum Gasteiger partial charge on any atom is 0.256 e. The monoisotopic (exact) mass is 392 g/mol. The molecule has 0 saturated heterocycles. The van der Waals surface area contributed by atoms with Crippen LogP contribution in [-0.2, 0) is 12.8 Å². The number of carbonyl (C=O) groups is 2. The molecule has 1 aromatic carbocycles. The van der Waals surface area contributed by atoms with Crippen molar-refractivity contribution in [3.8, 4) is 0 Å². The topological polar surface area (TPSA) is 72.2 Å². The molecule has 0 fully saturated rings. The number of aryl methyl sites for hydroxylation is 1. The van der Waals surface area contributed by atoms with Gasteiger partial charge in [0.05, 0.1) is 5.56 Å². The van der Waals surface area contributed by atoms with Gasteiger partial charge in [-0.2, -0.15) is 0 Å². The Kier molecular flexibility index (Phi) is 4.82. The number of hydrogen-bond acceptors (Lipinski definition) is 3. The Bertz CT molecular complexity index is 753. The molecule has 0 spiro atoms. The molecule has 1 aromatic heterocycles. The molecular weight excluding hydrogens is 376 g/mol. The van der Waals surface area contributed by atoms with Crippen molar-refractivity contribution in [2.24, 2.45) is 5.73 Å². The number of benzene rings is 1. The summed E-state index contributed by atoms with van der Waals surface area (Å²) < 4.78 is 0.912. The molecule has 1 aliphatic carbocycles. The number of rotatable bonds is 3. The van der Waals surface area contributed by atoms with E-state index in [1.165, 1.54) is 22.6 Å². The Morgan fingerprint density at radius 3 is 2.48 bits per heavy atom. The van der Waals surface area contributed by atoms with Gasteiger partial charge < -0.3 is 11.1 Å². The highest BCUT2D eigenvalue weighted by Crippen LogP contribution is 2.37. The van der Waals surface area contributed by atoms with E-state index in [0.29, 0.717) is 16.1 Å². The summed E-state index contributed by atoms with van der Waals surface area (Å²) >= 11 is 4.83. The van der Waals surface area contributed by atoms with Crippen LogP contribution in [0.25, 0.3) is 0 Å². The van der Waals surface area contributed by atoms with Crippen LogP contribution in [0.4, 0.5) is 5.00 Å². The Hall–Kier alpha value is -1.66. The van der Waals surface area contributed by atoms with E-state index < -0.39 is 5.91 Å². The molecule has 0 radical (unpaired) electrons. The lowest BCUT2D eigenvalue weighted by molar-refractivity contribution is 0.100. The minimum Gasteiger partial charge on any atom is -0.365 e. The third kappa shape index (κ3) is 3.48. The molecule has 2 amide bonds. The molecule has 0 saturated carbocycles. The van der Waals surface area contributed by atoms with Gasteiger partial charge in [0.1, 0.15) is 5.00 Å². The summed E-state index contributed by atoms with van der Waals surface area (Å²) in [7, 11) is 0. The molecule has 0 atom stereocenters. The van der Waals surface area contributed by atoms with E-state index in [1.807, 2.05) is 12.1 Å². The molecule has 120 valence electrons. The Labute approximate surface area is 147 Å². The van der Waals surface area contributed by atoms with E-state index in [4.69, 9.17) is 5.73 Å². The van der Waals surface area contributed by atoms with Crippen molar-refractivity contribution in [3.63, 3.8) is 0 Å². The fraction of sp³-hybridized carbons (Fsp3) is 0.294. The maximum absolute atomic E-state index is 12.4. The summed E-state index contributed by atoms with van der Waals surface area (Å²) in [5.41, 5.74) is 7.66. The molecule has 4 nitrogen and oxygen atoms in total. The minimum atomic E-state index is -0.462. The van der Waals surface area contributed by atoms with Crippen LogP contribution >= 0.6 is 27.3 Å². The van der Waals surface area contributed by atoms with E-state index in [9.17, 15) is 9.59 Å². The number of amides is 2. The van der Waals surface area contributed by atoms with Crippen molar-refractivity contribution in [1.29, 1.82) is 0 Å². The third-order valence-corrected chi connectivity index (χ3v) is 5.74. The summed E-state index contributed by atoms with van der Waals surface area (Å²) in [5, 5.41) is 3.45. The van der Waals surface area contributed by atoms with Gasteiger partial charge in [-0.1, -0.05) is 22.4 Å². The van der Waals surface area contributed by atoms with E-state index in [2.05, 4.69) is 21.2 Å². The quantitative estimate of drug-likeness (QED) is 0.770. The van der Waals surface area contributed by atoms with Gasteiger partial charge in [0.15, 0.2) is 0 Å². The van der Waals surface area contributed by atoms with Crippen LogP contribution in [0.5, 0.6) is 0 Å². The lowest BCUT2D eigenvalue weighted by atomic mass is 10.1. The molecule has 3 N–H and O–H groups in total. The minimum absolute atomic E-state index is 0.226. The predicted octanol–water partition coefficient (Wildman–Crippen LogP) is 4.13. The first kappa shape index (κ1) is 16.2. The van der Waals surface area contributed by atoms with E-state index in [1.54, 1.807) is 12.1 Å². The van der Waals surface area contributed by atoms with Gasteiger partial charge in [0.2, 0.25) is 0 Å². The number of thiophene rings is 1. The van der Waals surface area contributed by atoms with Crippen LogP contribution in [-0.4, -0.2) is 11.8 Å². The van der Waals surface area contributed by atoms with E-state index in [0.717, 1.165) is 35.7 Å². The summed E-state index contributed by atoms with van der Waals surface area (Å²) in [4.78, 5) is 25.5. The average molecular weight is 393 g/mol. The van der Waals surface area contributed by atoms with Crippen LogP contribution in [0.15, 0.2) is 28.7 Å². The van der Waals surface area contributed by atoms with Crippen LogP contribution in [0, 0.1) is 0 Å². The third-order valence-electron chi connectivity index (χ3n) is 4.00. The predicted molar refractivity (Wildman–Crippen MR) is 96.2 cm³/mol. The van der Waals surface area contributed by atoms with Gasteiger partial charge in [-0.15, -0.1) is 11.3 Å². The highest BCUT2D eigenvalue weighted by Gasteiger charge is 2.24. The number of primary amides is 1. The standard InChI is InChI=1S/C17H17BrN2O2S/c18-11-8-6-10(7-9-11)16(22)20-17-14(15(19)21)12-4-2-1-3-5-13(12)23-17/h6-9H,1-5H2,(H2,19,21)(H,20,22). The number of nitrogens with one attached hydrogen (secondary N) is 1. The first-order valence-electron chi connectivity index (χ1n) is 7.57. The largest absolute Gasteiger partial charge is 0.365 e. The zero-order chi connectivity index (χ0) is 16.4. The molecule has 0 bridgehead atoms. The Morgan fingerprint density at radius 1 is 1.09 bits per heavy atom. The van der Waals surface area contributed by atoms with Crippen LogP contribution in [0.1, 0.15) is 50.4 Å². The van der Waals surface area contributed by atoms with Gasteiger partial charge in [0, 0.05) is 14.9 Å². The Balaban J connectivity index is 1.92.